The Kier molecular flexibility index (Phi) is 4.38. The minimum atomic E-state index is -0.343. The van der Waals surface area contributed by atoms with Gasteiger partial charge in [0.05, 0.1) is 5.56 Å². The Bertz CT molecular complexity index is 556. The predicted molar refractivity (Wildman–Crippen MR) is 79.6 cm³/mol. The molecule has 0 heterocycles. The Labute approximate surface area is 121 Å². The van der Waals surface area contributed by atoms with Crippen molar-refractivity contribution in [3.05, 3.63) is 64.1 Å². The largest absolute Gasteiger partial charge is 0.423 e. The summed E-state index contributed by atoms with van der Waals surface area (Å²) in [6.45, 7) is 4.26. The fourth-order valence-corrected chi connectivity index (χ4v) is 1.94. The van der Waals surface area contributed by atoms with Gasteiger partial charge in [0.1, 0.15) is 5.75 Å². The molecule has 0 atom stereocenters. The Morgan fingerprint density at radius 2 is 1.58 bits per heavy atom. The van der Waals surface area contributed by atoms with Gasteiger partial charge in [-0.05, 0) is 47.9 Å². The van der Waals surface area contributed by atoms with E-state index in [-0.39, 0.29) is 5.97 Å². The third-order valence-electron chi connectivity index (χ3n) is 2.84. The van der Waals surface area contributed by atoms with Gasteiger partial charge in [-0.3, -0.25) is 0 Å². The van der Waals surface area contributed by atoms with Gasteiger partial charge in [-0.25, -0.2) is 4.79 Å². The van der Waals surface area contributed by atoms with Gasteiger partial charge in [-0.15, -0.1) is 0 Å². The number of hydrogen-bond acceptors (Lipinski definition) is 2. The molecule has 0 spiro atoms. The van der Waals surface area contributed by atoms with Gasteiger partial charge in [0.25, 0.3) is 0 Å². The summed E-state index contributed by atoms with van der Waals surface area (Å²) in [5.41, 5.74) is 1.76. The van der Waals surface area contributed by atoms with Crippen molar-refractivity contribution in [1.29, 1.82) is 0 Å². The van der Waals surface area contributed by atoms with E-state index < -0.39 is 0 Å². The minimum Gasteiger partial charge on any atom is -0.423 e. The lowest BCUT2D eigenvalue weighted by molar-refractivity contribution is 0.0734. The zero-order chi connectivity index (χ0) is 13.8. The molecule has 0 aliphatic heterocycles. The molecule has 0 amide bonds. The summed E-state index contributed by atoms with van der Waals surface area (Å²) < 4.78 is 6.26. The van der Waals surface area contributed by atoms with Crippen molar-refractivity contribution >= 4 is 21.9 Å². The average molecular weight is 319 g/mol. The molecule has 0 fully saturated rings. The Morgan fingerprint density at radius 3 is 2.11 bits per heavy atom. The van der Waals surface area contributed by atoms with E-state index in [1.807, 2.05) is 36.4 Å². The first-order chi connectivity index (χ1) is 9.06. The second-order valence-corrected chi connectivity index (χ2v) is 5.54. The van der Waals surface area contributed by atoms with Crippen LogP contribution in [0.15, 0.2) is 53.0 Å². The predicted octanol–water partition coefficient (Wildman–Crippen LogP) is 4.79. The molecule has 0 unspecified atom stereocenters. The van der Waals surface area contributed by atoms with Crippen LogP contribution in [-0.2, 0) is 0 Å². The number of hydrogen-bond donors (Lipinski definition) is 0. The second-order valence-electron chi connectivity index (χ2n) is 4.62. The van der Waals surface area contributed by atoms with Gasteiger partial charge < -0.3 is 4.74 Å². The lowest BCUT2D eigenvalue weighted by Crippen LogP contribution is -2.08. The first-order valence-corrected chi connectivity index (χ1v) is 6.93. The van der Waals surface area contributed by atoms with E-state index in [0.29, 0.717) is 17.2 Å². The zero-order valence-electron chi connectivity index (χ0n) is 10.9. The van der Waals surface area contributed by atoms with Gasteiger partial charge >= 0.3 is 5.97 Å². The standard InChI is InChI=1S/C16H15BrO2/c1-11(2)12-5-9-15(10-6-12)19-16(18)13-3-7-14(17)8-4-13/h3-11H,1-2H3. The Morgan fingerprint density at radius 1 is 1.00 bits per heavy atom. The van der Waals surface area contributed by atoms with E-state index in [1.165, 1.54) is 5.56 Å². The van der Waals surface area contributed by atoms with E-state index in [9.17, 15) is 4.79 Å². The Balaban J connectivity index is 2.08. The van der Waals surface area contributed by atoms with Crippen LogP contribution in [0.2, 0.25) is 0 Å². The number of benzene rings is 2. The van der Waals surface area contributed by atoms with Crippen LogP contribution < -0.4 is 4.74 Å². The van der Waals surface area contributed by atoms with E-state index in [1.54, 1.807) is 12.1 Å². The lowest BCUT2D eigenvalue weighted by atomic mass is 10.0. The lowest BCUT2D eigenvalue weighted by Gasteiger charge is -2.07. The number of carbonyl (C=O) groups is 1. The van der Waals surface area contributed by atoms with Gasteiger partial charge in [0, 0.05) is 4.47 Å². The molecule has 2 nitrogen and oxygen atoms in total. The number of ether oxygens (including phenoxy) is 1. The number of carbonyl (C=O) groups excluding carboxylic acids is 1. The maximum Gasteiger partial charge on any atom is 0.343 e. The molecule has 0 aromatic heterocycles. The molecule has 19 heavy (non-hydrogen) atoms. The topological polar surface area (TPSA) is 26.3 Å². The minimum absolute atomic E-state index is 0.343. The van der Waals surface area contributed by atoms with Crippen LogP contribution in [0.1, 0.15) is 35.7 Å². The van der Waals surface area contributed by atoms with E-state index in [0.717, 1.165) is 4.47 Å². The maximum atomic E-state index is 11.9. The smallest absolute Gasteiger partial charge is 0.343 e. The van der Waals surface area contributed by atoms with Crippen molar-refractivity contribution in [2.45, 2.75) is 19.8 Å². The number of rotatable bonds is 3. The van der Waals surface area contributed by atoms with Crippen LogP contribution in [0, 0.1) is 0 Å². The van der Waals surface area contributed by atoms with Crippen molar-refractivity contribution < 1.29 is 9.53 Å². The van der Waals surface area contributed by atoms with Crippen LogP contribution in [0.5, 0.6) is 5.75 Å². The van der Waals surface area contributed by atoms with Gasteiger partial charge in [0.15, 0.2) is 0 Å². The molecule has 2 aromatic carbocycles. The molecule has 0 saturated heterocycles. The first-order valence-electron chi connectivity index (χ1n) is 6.14. The van der Waals surface area contributed by atoms with Crippen LogP contribution >= 0.6 is 15.9 Å². The summed E-state index contributed by atoms with van der Waals surface area (Å²) >= 11 is 3.33. The molecule has 0 aliphatic rings. The van der Waals surface area contributed by atoms with Crippen LogP contribution in [-0.4, -0.2) is 5.97 Å². The van der Waals surface area contributed by atoms with Crippen LogP contribution in [0.25, 0.3) is 0 Å². The van der Waals surface area contributed by atoms with Crippen molar-refractivity contribution in [3.8, 4) is 5.75 Å². The highest BCUT2D eigenvalue weighted by molar-refractivity contribution is 9.10. The molecule has 3 heteroatoms. The molecule has 2 rings (SSSR count). The molecule has 0 radical (unpaired) electrons. The van der Waals surface area contributed by atoms with E-state index in [2.05, 4.69) is 29.8 Å². The van der Waals surface area contributed by atoms with Gasteiger partial charge in [-0.1, -0.05) is 41.9 Å². The van der Waals surface area contributed by atoms with Gasteiger partial charge in [0.2, 0.25) is 0 Å². The SMILES string of the molecule is CC(C)c1ccc(OC(=O)c2ccc(Br)cc2)cc1. The molecule has 0 aliphatic carbocycles. The van der Waals surface area contributed by atoms with Crippen molar-refractivity contribution in [2.75, 3.05) is 0 Å². The highest BCUT2D eigenvalue weighted by Crippen LogP contribution is 2.19. The normalized spacial score (nSPS) is 10.5. The highest BCUT2D eigenvalue weighted by atomic mass is 79.9. The molecule has 0 bridgehead atoms. The summed E-state index contributed by atoms with van der Waals surface area (Å²) in [6, 6.07) is 14.7. The average Bonchev–Trinajstić information content (AvgIpc) is 2.40. The summed E-state index contributed by atoms with van der Waals surface area (Å²) in [6.07, 6.45) is 0. The number of esters is 1. The molecule has 98 valence electrons. The first kappa shape index (κ1) is 13.8. The molecular formula is C16H15BrO2. The summed E-state index contributed by atoms with van der Waals surface area (Å²) in [7, 11) is 0. The molecule has 0 saturated carbocycles. The van der Waals surface area contributed by atoms with Crippen molar-refractivity contribution in [3.63, 3.8) is 0 Å². The fourth-order valence-electron chi connectivity index (χ4n) is 1.67. The molecule has 0 N–H and O–H groups in total. The zero-order valence-corrected chi connectivity index (χ0v) is 12.5. The fraction of sp³-hybridized carbons (Fsp3) is 0.188. The summed E-state index contributed by atoms with van der Waals surface area (Å²) in [5, 5.41) is 0. The maximum absolute atomic E-state index is 11.9. The molecular weight excluding hydrogens is 304 g/mol. The quantitative estimate of drug-likeness (QED) is 0.600. The van der Waals surface area contributed by atoms with Crippen molar-refractivity contribution in [2.24, 2.45) is 0 Å². The van der Waals surface area contributed by atoms with Crippen LogP contribution in [0.3, 0.4) is 0 Å². The second kappa shape index (κ2) is 6.02. The Hall–Kier alpha value is -1.61. The van der Waals surface area contributed by atoms with E-state index >= 15 is 0 Å². The van der Waals surface area contributed by atoms with E-state index in [4.69, 9.17) is 4.74 Å². The van der Waals surface area contributed by atoms with Crippen molar-refractivity contribution in [1.82, 2.24) is 0 Å². The number of halogens is 1. The van der Waals surface area contributed by atoms with Gasteiger partial charge in [-0.2, -0.15) is 0 Å². The monoisotopic (exact) mass is 318 g/mol. The summed E-state index contributed by atoms with van der Waals surface area (Å²) in [5.74, 6) is 0.693. The third-order valence-corrected chi connectivity index (χ3v) is 3.37. The van der Waals surface area contributed by atoms with Crippen LogP contribution in [0.4, 0.5) is 0 Å². The highest BCUT2D eigenvalue weighted by Gasteiger charge is 2.08. The summed E-state index contributed by atoms with van der Waals surface area (Å²) in [4.78, 5) is 11.9. The molecule has 2 aromatic rings. The third kappa shape index (κ3) is 3.67.